The van der Waals surface area contributed by atoms with Crippen LogP contribution >= 0.6 is 0 Å². The maximum absolute atomic E-state index is 12.4. The second-order valence-electron chi connectivity index (χ2n) is 5.63. The third-order valence-electron chi connectivity index (χ3n) is 3.79. The minimum Gasteiger partial charge on any atom is -0.347 e. The highest BCUT2D eigenvalue weighted by Gasteiger charge is 2.12. The summed E-state index contributed by atoms with van der Waals surface area (Å²) in [7, 11) is 1.88. The monoisotopic (exact) mass is 305 g/mol. The Morgan fingerprint density at radius 2 is 1.91 bits per heavy atom. The van der Waals surface area contributed by atoms with Crippen LogP contribution in [0.3, 0.4) is 0 Å². The molecule has 0 aliphatic rings. The van der Waals surface area contributed by atoms with Gasteiger partial charge in [-0.05, 0) is 36.2 Å². The number of nitrogens with zero attached hydrogens (tertiary/aromatic N) is 2. The lowest BCUT2D eigenvalue weighted by molar-refractivity contribution is 0.0943. The van der Waals surface area contributed by atoms with Crippen molar-refractivity contribution in [2.45, 2.75) is 13.5 Å². The van der Waals surface area contributed by atoms with E-state index in [1.807, 2.05) is 61.1 Å². The highest BCUT2D eigenvalue weighted by molar-refractivity contribution is 5.94. The molecule has 1 N–H and O–H groups in total. The van der Waals surface area contributed by atoms with Crippen LogP contribution in [-0.2, 0) is 13.6 Å². The molecule has 0 saturated heterocycles. The number of rotatable bonds is 4. The van der Waals surface area contributed by atoms with E-state index in [1.165, 1.54) is 5.56 Å². The molecule has 0 aliphatic carbocycles. The molecule has 0 aliphatic heterocycles. The Morgan fingerprint density at radius 3 is 2.65 bits per heavy atom. The molecule has 0 spiro atoms. The molecule has 3 rings (SSSR count). The Hall–Kier alpha value is -2.88. The Balaban J connectivity index is 1.74. The van der Waals surface area contributed by atoms with Crippen LogP contribution < -0.4 is 5.32 Å². The molecule has 116 valence electrons. The molecule has 1 amide bonds. The summed E-state index contributed by atoms with van der Waals surface area (Å²) in [5.41, 5.74) is 4.99. The van der Waals surface area contributed by atoms with Crippen molar-refractivity contribution in [1.29, 1.82) is 0 Å². The van der Waals surface area contributed by atoms with Crippen LogP contribution in [0, 0.1) is 6.92 Å². The molecule has 0 saturated carbocycles. The highest BCUT2D eigenvalue weighted by atomic mass is 16.1. The summed E-state index contributed by atoms with van der Waals surface area (Å²) < 4.78 is 1.85. The molecule has 4 nitrogen and oxygen atoms in total. The van der Waals surface area contributed by atoms with Crippen molar-refractivity contribution >= 4 is 5.91 Å². The van der Waals surface area contributed by atoms with E-state index in [-0.39, 0.29) is 5.91 Å². The van der Waals surface area contributed by atoms with Gasteiger partial charge in [0.15, 0.2) is 0 Å². The first-order chi connectivity index (χ1) is 11.1. The van der Waals surface area contributed by atoms with Crippen molar-refractivity contribution < 1.29 is 4.79 Å². The van der Waals surface area contributed by atoms with E-state index in [1.54, 1.807) is 12.4 Å². The molecule has 2 heterocycles. The zero-order valence-electron chi connectivity index (χ0n) is 13.3. The molecule has 0 bridgehead atoms. The van der Waals surface area contributed by atoms with Crippen LogP contribution in [-0.4, -0.2) is 15.5 Å². The van der Waals surface area contributed by atoms with Gasteiger partial charge in [-0.2, -0.15) is 0 Å². The number of amides is 1. The van der Waals surface area contributed by atoms with Crippen molar-refractivity contribution in [3.05, 3.63) is 77.9 Å². The van der Waals surface area contributed by atoms with Gasteiger partial charge in [0.1, 0.15) is 5.69 Å². The Kier molecular flexibility index (Phi) is 4.24. The first-order valence-electron chi connectivity index (χ1n) is 7.54. The lowest BCUT2D eigenvalue weighted by atomic mass is 10.1. The van der Waals surface area contributed by atoms with Gasteiger partial charge in [0.05, 0.1) is 0 Å². The van der Waals surface area contributed by atoms with Gasteiger partial charge in [-0.3, -0.25) is 9.78 Å². The third kappa shape index (κ3) is 3.48. The van der Waals surface area contributed by atoms with E-state index in [9.17, 15) is 4.79 Å². The Bertz CT molecular complexity index is 822. The summed E-state index contributed by atoms with van der Waals surface area (Å²) in [6, 6.07) is 13.9. The zero-order valence-corrected chi connectivity index (χ0v) is 13.3. The van der Waals surface area contributed by atoms with Gasteiger partial charge in [0, 0.05) is 37.7 Å². The van der Waals surface area contributed by atoms with Crippen molar-refractivity contribution in [3.63, 3.8) is 0 Å². The molecule has 2 aromatic heterocycles. The van der Waals surface area contributed by atoms with E-state index in [0.717, 1.165) is 16.7 Å². The van der Waals surface area contributed by atoms with Crippen LogP contribution in [0.1, 0.15) is 21.6 Å². The molecule has 3 aromatic rings. The first-order valence-corrected chi connectivity index (χ1v) is 7.54. The normalized spacial score (nSPS) is 10.5. The fraction of sp³-hybridized carbons (Fsp3) is 0.158. The number of pyridine rings is 1. The fourth-order valence-electron chi connectivity index (χ4n) is 2.59. The van der Waals surface area contributed by atoms with Gasteiger partial charge >= 0.3 is 0 Å². The molecule has 0 radical (unpaired) electrons. The second kappa shape index (κ2) is 6.48. The smallest absolute Gasteiger partial charge is 0.268 e. The number of benzene rings is 1. The van der Waals surface area contributed by atoms with Crippen LogP contribution in [0.5, 0.6) is 0 Å². The maximum Gasteiger partial charge on any atom is 0.268 e. The SMILES string of the molecule is Cc1cccc(CNC(=O)c2cc(-c3ccncc3)cn2C)c1. The summed E-state index contributed by atoms with van der Waals surface area (Å²) in [6.07, 6.45) is 5.45. The van der Waals surface area contributed by atoms with E-state index in [4.69, 9.17) is 0 Å². The number of hydrogen-bond donors (Lipinski definition) is 1. The molecule has 1 aromatic carbocycles. The van der Waals surface area contributed by atoms with Crippen molar-refractivity contribution in [2.75, 3.05) is 0 Å². The van der Waals surface area contributed by atoms with Gasteiger partial charge in [0.2, 0.25) is 0 Å². The largest absolute Gasteiger partial charge is 0.347 e. The first kappa shape index (κ1) is 15.0. The highest BCUT2D eigenvalue weighted by Crippen LogP contribution is 2.21. The van der Waals surface area contributed by atoms with Crippen molar-refractivity contribution in [2.24, 2.45) is 7.05 Å². The third-order valence-corrected chi connectivity index (χ3v) is 3.79. The quantitative estimate of drug-likeness (QED) is 0.803. The molecule has 0 atom stereocenters. The van der Waals surface area contributed by atoms with Gasteiger partial charge in [0.25, 0.3) is 5.91 Å². The lowest BCUT2D eigenvalue weighted by Gasteiger charge is -2.06. The van der Waals surface area contributed by atoms with Gasteiger partial charge < -0.3 is 9.88 Å². The van der Waals surface area contributed by atoms with E-state index in [2.05, 4.69) is 16.4 Å². The van der Waals surface area contributed by atoms with E-state index >= 15 is 0 Å². The van der Waals surface area contributed by atoms with Gasteiger partial charge in [-0.25, -0.2) is 0 Å². The number of carbonyl (C=O) groups is 1. The number of aryl methyl sites for hydroxylation is 2. The number of carbonyl (C=O) groups excluding carboxylic acids is 1. The summed E-state index contributed by atoms with van der Waals surface area (Å²) in [5, 5.41) is 2.98. The molecule has 0 fully saturated rings. The number of aromatic nitrogens is 2. The Labute approximate surface area is 135 Å². The minimum atomic E-state index is -0.0747. The maximum atomic E-state index is 12.4. The zero-order chi connectivity index (χ0) is 16.2. The average Bonchev–Trinajstić information content (AvgIpc) is 2.95. The Morgan fingerprint density at radius 1 is 1.13 bits per heavy atom. The summed E-state index contributed by atoms with van der Waals surface area (Å²) in [5.74, 6) is -0.0747. The fourth-order valence-corrected chi connectivity index (χ4v) is 2.59. The molecule has 23 heavy (non-hydrogen) atoms. The molecule has 4 heteroatoms. The molecular formula is C19H19N3O. The van der Waals surface area contributed by atoms with Crippen LogP contribution in [0.15, 0.2) is 61.1 Å². The van der Waals surface area contributed by atoms with Crippen molar-refractivity contribution in [3.8, 4) is 11.1 Å². The van der Waals surface area contributed by atoms with Crippen LogP contribution in [0.25, 0.3) is 11.1 Å². The summed E-state index contributed by atoms with van der Waals surface area (Å²) >= 11 is 0. The van der Waals surface area contributed by atoms with E-state index in [0.29, 0.717) is 12.2 Å². The number of hydrogen-bond acceptors (Lipinski definition) is 2. The summed E-state index contributed by atoms with van der Waals surface area (Å²) in [4.78, 5) is 16.4. The van der Waals surface area contributed by atoms with Crippen LogP contribution in [0.4, 0.5) is 0 Å². The predicted molar refractivity (Wildman–Crippen MR) is 91.0 cm³/mol. The average molecular weight is 305 g/mol. The second-order valence-corrected chi connectivity index (χ2v) is 5.63. The molecule has 0 unspecified atom stereocenters. The molecular weight excluding hydrogens is 286 g/mol. The van der Waals surface area contributed by atoms with Gasteiger partial charge in [-0.1, -0.05) is 29.8 Å². The lowest BCUT2D eigenvalue weighted by Crippen LogP contribution is -2.24. The van der Waals surface area contributed by atoms with E-state index < -0.39 is 0 Å². The predicted octanol–water partition coefficient (Wildman–Crippen LogP) is 3.33. The topological polar surface area (TPSA) is 46.9 Å². The van der Waals surface area contributed by atoms with Crippen LogP contribution in [0.2, 0.25) is 0 Å². The van der Waals surface area contributed by atoms with Gasteiger partial charge in [-0.15, -0.1) is 0 Å². The standard InChI is InChI=1S/C19H19N3O/c1-14-4-3-5-15(10-14)12-21-19(23)18-11-17(13-22(18)2)16-6-8-20-9-7-16/h3-11,13H,12H2,1-2H3,(H,21,23). The minimum absolute atomic E-state index is 0.0747. The summed E-state index contributed by atoms with van der Waals surface area (Å²) in [6.45, 7) is 2.57. The number of nitrogens with one attached hydrogen (secondary N) is 1. The van der Waals surface area contributed by atoms with Crippen molar-refractivity contribution in [1.82, 2.24) is 14.9 Å².